The highest BCUT2D eigenvalue weighted by molar-refractivity contribution is 5.98. The summed E-state index contributed by atoms with van der Waals surface area (Å²) in [7, 11) is 0. The Bertz CT molecular complexity index is 576. The van der Waals surface area contributed by atoms with Crippen LogP contribution in [0.15, 0.2) is 42.5 Å². The van der Waals surface area contributed by atoms with E-state index in [1.54, 1.807) is 4.90 Å². The highest BCUT2D eigenvalue weighted by Gasteiger charge is 2.27. The molecule has 0 bridgehead atoms. The summed E-state index contributed by atoms with van der Waals surface area (Å²) < 4.78 is 5.37. The highest BCUT2D eigenvalue weighted by Crippen LogP contribution is 2.27. The molecule has 1 N–H and O–H groups in total. The first kappa shape index (κ1) is 15.0. The lowest BCUT2D eigenvalue weighted by Crippen LogP contribution is -2.44. The zero-order valence-corrected chi connectivity index (χ0v) is 12.6. The van der Waals surface area contributed by atoms with Gasteiger partial charge in [0.2, 0.25) is 0 Å². The summed E-state index contributed by atoms with van der Waals surface area (Å²) in [6.07, 6.45) is 1.67. The van der Waals surface area contributed by atoms with Crippen LogP contribution in [-0.2, 0) is 4.74 Å². The average molecular weight is 299 g/mol. The Labute approximate surface area is 130 Å². The third-order valence-corrected chi connectivity index (χ3v) is 4.21. The second-order valence-electron chi connectivity index (χ2n) is 5.63. The largest absolute Gasteiger partial charge is 0.395 e. The normalized spacial score (nSPS) is 15.9. The van der Waals surface area contributed by atoms with Crippen LogP contribution in [0.4, 0.5) is 0 Å². The predicted octanol–water partition coefficient (Wildman–Crippen LogP) is 2.40. The van der Waals surface area contributed by atoms with Crippen molar-refractivity contribution in [3.8, 4) is 11.1 Å². The number of amides is 1. The highest BCUT2D eigenvalue weighted by atomic mass is 16.5. The SMILES string of the molecule is O=C(c1cc2cccccc-2c1)N(CCO)C1CCOCC1. The van der Waals surface area contributed by atoms with E-state index < -0.39 is 0 Å². The molecule has 0 radical (unpaired) electrons. The molecule has 4 nitrogen and oxygen atoms in total. The minimum atomic E-state index is -0.0156. The first-order valence-electron chi connectivity index (χ1n) is 7.78. The van der Waals surface area contributed by atoms with Gasteiger partial charge in [-0.25, -0.2) is 0 Å². The van der Waals surface area contributed by atoms with Gasteiger partial charge in [-0.2, -0.15) is 0 Å². The lowest BCUT2D eigenvalue weighted by molar-refractivity contribution is 0.0246. The number of ether oxygens (including phenoxy) is 1. The molecule has 4 heteroatoms. The maximum Gasteiger partial charge on any atom is 0.254 e. The van der Waals surface area contributed by atoms with E-state index in [0.717, 1.165) is 24.0 Å². The van der Waals surface area contributed by atoms with E-state index in [1.807, 2.05) is 42.5 Å². The fourth-order valence-electron chi connectivity index (χ4n) is 3.06. The van der Waals surface area contributed by atoms with E-state index in [1.165, 1.54) is 0 Å². The summed E-state index contributed by atoms with van der Waals surface area (Å²) in [5.74, 6) is -0.000182. The van der Waals surface area contributed by atoms with Gasteiger partial charge in [0.1, 0.15) is 0 Å². The topological polar surface area (TPSA) is 49.8 Å². The Balaban J connectivity index is 1.86. The summed E-state index contributed by atoms with van der Waals surface area (Å²) >= 11 is 0. The number of aliphatic hydroxyl groups is 1. The maximum atomic E-state index is 12.9. The van der Waals surface area contributed by atoms with Crippen molar-refractivity contribution in [2.24, 2.45) is 0 Å². The van der Waals surface area contributed by atoms with Crippen LogP contribution in [-0.4, -0.2) is 48.3 Å². The number of aliphatic hydroxyl groups excluding tert-OH is 1. The smallest absolute Gasteiger partial charge is 0.254 e. The van der Waals surface area contributed by atoms with Crippen LogP contribution in [0.3, 0.4) is 0 Å². The number of carbonyl (C=O) groups excluding carboxylic acids is 1. The molecule has 1 fully saturated rings. The van der Waals surface area contributed by atoms with E-state index in [-0.39, 0.29) is 18.6 Å². The van der Waals surface area contributed by atoms with Gasteiger partial charge in [0.25, 0.3) is 5.91 Å². The van der Waals surface area contributed by atoms with Crippen LogP contribution in [0.25, 0.3) is 11.1 Å². The van der Waals surface area contributed by atoms with Gasteiger partial charge in [0.15, 0.2) is 0 Å². The van der Waals surface area contributed by atoms with Crippen molar-refractivity contribution in [3.63, 3.8) is 0 Å². The molecule has 1 amide bonds. The Morgan fingerprint density at radius 2 is 1.77 bits per heavy atom. The minimum absolute atomic E-state index is 0.000182. The van der Waals surface area contributed by atoms with Crippen molar-refractivity contribution in [3.05, 3.63) is 48.0 Å². The molecule has 116 valence electrons. The molecule has 1 heterocycles. The molecule has 0 aromatic heterocycles. The Hall–Kier alpha value is -1.91. The summed E-state index contributed by atoms with van der Waals surface area (Å²) in [6, 6.07) is 14.0. The molecule has 1 aliphatic heterocycles. The van der Waals surface area contributed by atoms with Crippen LogP contribution in [0.2, 0.25) is 0 Å². The van der Waals surface area contributed by atoms with E-state index in [2.05, 4.69) is 0 Å². The van der Waals surface area contributed by atoms with Gasteiger partial charge in [0, 0.05) is 31.4 Å². The zero-order valence-electron chi connectivity index (χ0n) is 12.6. The molecule has 1 saturated heterocycles. The van der Waals surface area contributed by atoms with Crippen molar-refractivity contribution in [1.82, 2.24) is 4.90 Å². The fourth-order valence-corrected chi connectivity index (χ4v) is 3.06. The van der Waals surface area contributed by atoms with Gasteiger partial charge in [-0.15, -0.1) is 0 Å². The summed E-state index contributed by atoms with van der Waals surface area (Å²) in [4.78, 5) is 14.7. The van der Waals surface area contributed by atoms with E-state index in [0.29, 0.717) is 25.3 Å². The lowest BCUT2D eigenvalue weighted by atomic mass is 10.1. The number of nitrogens with zero attached hydrogens (tertiary/aromatic N) is 1. The second kappa shape index (κ2) is 6.90. The maximum absolute atomic E-state index is 12.9. The number of hydrogen-bond donors (Lipinski definition) is 1. The molecule has 22 heavy (non-hydrogen) atoms. The molecular weight excluding hydrogens is 278 g/mol. The first-order chi connectivity index (χ1) is 10.8. The van der Waals surface area contributed by atoms with Gasteiger partial charge in [0.05, 0.1) is 6.61 Å². The standard InChI is InChI=1S/C18H21NO3/c20-9-8-19(17-6-10-22-11-7-17)18(21)16-12-14-4-2-1-3-5-15(14)13-16/h1-5,12-13,17,20H,6-11H2. The lowest BCUT2D eigenvalue weighted by Gasteiger charge is -2.33. The second-order valence-corrected chi connectivity index (χ2v) is 5.63. The van der Waals surface area contributed by atoms with Crippen molar-refractivity contribution in [1.29, 1.82) is 0 Å². The van der Waals surface area contributed by atoms with E-state index in [4.69, 9.17) is 4.74 Å². The van der Waals surface area contributed by atoms with Gasteiger partial charge < -0.3 is 14.7 Å². The molecule has 3 rings (SSSR count). The third-order valence-electron chi connectivity index (χ3n) is 4.21. The summed E-state index contributed by atoms with van der Waals surface area (Å²) in [6.45, 7) is 1.72. The average Bonchev–Trinajstić information content (AvgIpc) is 2.84. The van der Waals surface area contributed by atoms with Gasteiger partial charge in [-0.3, -0.25) is 4.79 Å². The van der Waals surface area contributed by atoms with E-state index >= 15 is 0 Å². The molecule has 0 aromatic carbocycles. The van der Waals surface area contributed by atoms with Gasteiger partial charge >= 0.3 is 0 Å². The molecule has 2 aliphatic carbocycles. The number of fused-ring (bicyclic) bond motifs is 1. The molecule has 0 spiro atoms. The molecule has 3 aliphatic rings. The molecule has 0 unspecified atom stereocenters. The molecule has 0 aromatic rings. The Morgan fingerprint density at radius 3 is 2.36 bits per heavy atom. The van der Waals surface area contributed by atoms with Crippen LogP contribution >= 0.6 is 0 Å². The number of hydrogen-bond acceptors (Lipinski definition) is 3. The fraction of sp³-hybridized carbons (Fsp3) is 0.389. The van der Waals surface area contributed by atoms with Crippen molar-refractivity contribution < 1.29 is 14.6 Å². The number of carbonyl (C=O) groups is 1. The van der Waals surface area contributed by atoms with Crippen LogP contribution < -0.4 is 0 Å². The first-order valence-corrected chi connectivity index (χ1v) is 7.78. The minimum Gasteiger partial charge on any atom is -0.395 e. The molecule has 0 saturated carbocycles. The van der Waals surface area contributed by atoms with Crippen LogP contribution in [0, 0.1) is 0 Å². The Morgan fingerprint density at radius 1 is 1.14 bits per heavy atom. The van der Waals surface area contributed by atoms with Crippen molar-refractivity contribution >= 4 is 5.91 Å². The van der Waals surface area contributed by atoms with Crippen LogP contribution in [0.5, 0.6) is 0 Å². The summed E-state index contributed by atoms with van der Waals surface area (Å²) in [5, 5.41) is 9.31. The van der Waals surface area contributed by atoms with Crippen molar-refractivity contribution in [2.75, 3.05) is 26.4 Å². The van der Waals surface area contributed by atoms with Gasteiger partial charge in [-0.05, 0) is 36.1 Å². The molecule has 0 atom stereocenters. The Kier molecular flexibility index (Phi) is 4.71. The molecular formula is C18H21NO3. The summed E-state index contributed by atoms with van der Waals surface area (Å²) in [5.41, 5.74) is 2.81. The predicted molar refractivity (Wildman–Crippen MR) is 85.0 cm³/mol. The monoisotopic (exact) mass is 299 g/mol. The van der Waals surface area contributed by atoms with E-state index in [9.17, 15) is 9.90 Å². The van der Waals surface area contributed by atoms with Crippen LogP contribution in [0.1, 0.15) is 23.2 Å². The van der Waals surface area contributed by atoms with Gasteiger partial charge in [-0.1, -0.05) is 30.3 Å². The zero-order chi connectivity index (χ0) is 15.4. The number of rotatable bonds is 4. The van der Waals surface area contributed by atoms with Crippen molar-refractivity contribution in [2.45, 2.75) is 18.9 Å². The third kappa shape index (κ3) is 3.13. The quantitative estimate of drug-likeness (QED) is 0.943.